The maximum atomic E-state index is 5.97. The lowest BCUT2D eigenvalue weighted by Gasteiger charge is -2.35. The number of ether oxygens (including phenoxy) is 2. The molecule has 0 spiro atoms. The van der Waals surface area contributed by atoms with E-state index in [9.17, 15) is 0 Å². The topological polar surface area (TPSA) is 44.5 Å². The first-order valence-electron chi connectivity index (χ1n) is 6.30. The van der Waals surface area contributed by atoms with Crippen molar-refractivity contribution in [2.75, 3.05) is 26.4 Å². The smallest absolute Gasteiger partial charge is 0.104 e. The van der Waals surface area contributed by atoms with Gasteiger partial charge >= 0.3 is 0 Å². The van der Waals surface area contributed by atoms with Crippen LogP contribution in [-0.4, -0.2) is 32.0 Å². The minimum absolute atomic E-state index is 0.243. The van der Waals surface area contributed by atoms with Crippen LogP contribution >= 0.6 is 0 Å². The second-order valence-corrected chi connectivity index (χ2v) is 4.63. The van der Waals surface area contributed by atoms with Crippen LogP contribution < -0.4 is 5.73 Å². The molecule has 1 saturated heterocycles. The van der Waals surface area contributed by atoms with Crippen LogP contribution in [0.1, 0.15) is 18.4 Å². The van der Waals surface area contributed by atoms with Gasteiger partial charge in [-0.25, -0.2) is 0 Å². The maximum absolute atomic E-state index is 5.97. The van der Waals surface area contributed by atoms with E-state index in [1.165, 1.54) is 5.56 Å². The normalized spacial score (nSPS) is 24.8. The Morgan fingerprint density at radius 2 is 2.12 bits per heavy atom. The van der Waals surface area contributed by atoms with Crippen LogP contribution in [0.2, 0.25) is 0 Å². The average Bonchev–Trinajstić information content (AvgIpc) is 2.41. The summed E-state index contributed by atoms with van der Waals surface area (Å²) in [6, 6.07) is 10.4. The first kappa shape index (κ1) is 12.6. The van der Waals surface area contributed by atoms with Crippen LogP contribution in [0.25, 0.3) is 0 Å². The van der Waals surface area contributed by atoms with E-state index in [0.717, 1.165) is 25.9 Å². The Morgan fingerprint density at radius 3 is 2.76 bits per heavy atom. The van der Waals surface area contributed by atoms with Crippen molar-refractivity contribution < 1.29 is 9.47 Å². The number of rotatable bonds is 5. The summed E-state index contributed by atoms with van der Waals surface area (Å²) in [5.74, 6) is 0. The van der Waals surface area contributed by atoms with E-state index in [1.54, 1.807) is 0 Å². The second-order valence-electron chi connectivity index (χ2n) is 4.63. The van der Waals surface area contributed by atoms with E-state index in [4.69, 9.17) is 15.2 Å². The highest BCUT2D eigenvalue weighted by Crippen LogP contribution is 2.22. The van der Waals surface area contributed by atoms with Gasteiger partial charge in [-0.15, -0.1) is 0 Å². The summed E-state index contributed by atoms with van der Waals surface area (Å²) in [5, 5.41) is 0. The first-order valence-corrected chi connectivity index (χ1v) is 6.30. The molecule has 17 heavy (non-hydrogen) atoms. The third-order valence-corrected chi connectivity index (χ3v) is 3.30. The number of nitrogens with two attached hydrogens (primary N) is 1. The van der Waals surface area contributed by atoms with Gasteiger partial charge in [0.15, 0.2) is 0 Å². The maximum Gasteiger partial charge on any atom is 0.104 e. The highest BCUT2D eigenvalue weighted by molar-refractivity contribution is 5.14. The van der Waals surface area contributed by atoms with Crippen molar-refractivity contribution in [3.8, 4) is 0 Å². The summed E-state index contributed by atoms with van der Waals surface area (Å²) < 4.78 is 11.4. The molecule has 1 aromatic rings. The Morgan fingerprint density at radius 1 is 1.29 bits per heavy atom. The predicted octanol–water partition coefficient (Wildman–Crippen LogP) is 1.75. The molecule has 0 radical (unpaired) electrons. The van der Waals surface area contributed by atoms with Gasteiger partial charge in [0.25, 0.3) is 0 Å². The molecule has 1 aliphatic heterocycles. The van der Waals surface area contributed by atoms with Gasteiger partial charge in [0.05, 0.1) is 13.2 Å². The Bertz CT molecular complexity index is 320. The zero-order chi connectivity index (χ0) is 12.0. The molecule has 0 bridgehead atoms. The van der Waals surface area contributed by atoms with E-state index < -0.39 is 0 Å². The van der Waals surface area contributed by atoms with E-state index in [2.05, 4.69) is 24.3 Å². The molecule has 1 fully saturated rings. The van der Waals surface area contributed by atoms with Gasteiger partial charge in [-0.05, 0) is 24.8 Å². The van der Waals surface area contributed by atoms with Crippen molar-refractivity contribution in [2.45, 2.75) is 24.9 Å². The summed E-state index contributed by atoms with van der Waals surface area (Å²) >= 11 is 0. The summed E-state index contributed by atoms with van der Waals surface area (Å²) in [5.41, 5.74) is 6.87. The standard InChI is InChI=1S/C14H21NO2/c15-11-14(8-4-9-16-12-14)17-10-7-13-5-2-1-3-6-13/h1-3,5-6H,4,7-12,15H2. The van der Waals surface area contributed by atoms with Crippen molar-refractivity contribution in [1.29, 1.82) is 0 Å². The zero-order valence-corrected chi connectivity index (χ0v) is 10.2. The molecule has 1 aliphatic rings. The predicted molar refractivity (Wildman–Crippen MR) is 67.9 cm³/mol. The molecule has 1 aromatic carbocycles. The Kier molecular flexibility index (Phi) is 4.54. The summed E-state index contributed by atoms with van der Waals surface area (Å²) in [4.78, 5) is 0. The van der Waals surface area contributed by atoms with Gasteiger partial charge in [0.1, 0.15) is 5.60 Å². The monoisotopic (exact) mass is 235 g/mol. The van der Waals surface area contributed by atoms with Gasteiger partial charge in [-0.1, -0.05) is 30.3 Å². The van der Waals surface area contributed by atoms with Crippen LogP contribution in [0, 0.1) is 0 Å². The number of benzene rings is 1. The molecule has 1 atom stereocenters. The van der Waals surface area contributed by atoms with Gasteiger partial charge in [0, 0.05) is 13.2 Å². The summed E-state index contributed by atoms with van der Waals surface area (Å²) in [6.45, 7) is 2.73. The minimum atomic E-state index is -0.243. The fourth-order valence-corrected chi connectivity index (χ4v) is 2.19. The minimum Gasteiger partial charge on any atom is -0.378 e. The molecule has 3 nitrogen and oxygen atoms in total. The van der Waals surface area contributed by atoms with Crippen molar-refractivity contribution in [1.82, 2.24) is 0 Å². The summed E-state index contributed by atoms with van der Waals surface area (Å²) in [6.07, 6.45) is 2.99. The number of hydrogen-bond donors (Lipinski definition) is 1. The Balaban J connectivity index is 1.80. The molecule has 1 unspecified atom stereocenters. The average molecular weight is 235 g/mol. The molecule has 0 amide bonds. The highest BCUT2D eigenvalue weighted by Gasteiger charge is 2.32. The van der Waals surface area contributed by atoms with Crippen molar-refractivity contribution in [3.63, 3.8) is 0 Å². The fourth-order valence-electron chi connectivity index (χ4n) is 2.19. The van der Waals surface area contributed by atoms with E-state index in [0.29, 0.717) is 19.8 Å². The van der Waals surface area contributed by atoms with Crippen LogP contribution in [-0.2, 0) is 15.9 Å². The van der Waals surface area contributed by atoms with Crippen molar-refractivity contribution in [3.05, 3.63) is 35.9 Å². The van der Waals surface area contributed by atoms with Crippen molar-refractivity contribution in [2.24, 2.45) is 5.73 Å². The third-order valence-electron chi connectivity index (χ3n) is 3.30. The lowest BCUT2D eigenvalue weighted by atomic mass is 9.96. The van der Waals surface area contributed by atoms with E-state index >= 15 is 0 Å². The van der Waals surface area contributed by atoms with Crippen LogP contribution in [0.5, 0.6) is 0 Å². The number of hydrogen-bond acceptors (Lipinski definition) is 3. The van der Waals surface area contributed by atoms with Gasteiger partial charge < -0.3 is 15.2 Å². The van der Waals surface area contributed by atoms with Gasteiger partial charge in [0.2, 0.25) is 0 Å². The molecular formula is C14H21NO2. The van der Waals surface area contributed by atoms with E-state index in [-0.39, 0.29) is 5.60 Å². The Hall–Kier alpha value is -0.900. The molecule has 0 aliphatic carbocycles. The Labute approximate surface area is 103 Å². The van der Waals surface area contributed by atoms with E-state index in [1.807, 2.05) is 6.07 Å². The summed E-state index contributed by atoms with van der Waals surface area (Å²) in [7, 11) is 0. The van der Waals surface area contributed by atoms with Gasteiger partial charge in [-0.3, -0.25) is 0 Å². The van der Waals surface area contributed by atoms with Crippen molar-refractivity contribution >= 4 is 0 Å². The first-order chi connectivity index (χ1) is 8.35. The molecule has 2 rings (SSSR count). The molecule has 2 N–H and O–H groups in total. The lowest BCUT2D eigenvalue weighted by Crippen LogP contribution is -2.48. The second kappa shape index (κ2) is 6.15. The SMILES string of the molecule is NCC1(OCCc2ccccc2)CCCOC1. The lowest BCUT2D eigenvalue weighted by molar-refractivity contribution is -0.122. The quantitative estimate of drug-likeness (QED) is 0.845. The van der Waals surface area contributed by atoms with Crippen LogP contribution in [0.15, 0.2) is 30.3 Å². The molecule has 0 saturated carbocycles. The fraction of sp³-hybridized carbons (Fsp3) is 0.571. The zero-order valence-electron chi connectivity index (χ0n) is 10.2. The van der Waals surface area contributed by atoms with Crippen LogP contribution in [0.4, 0.5) is 0 Å². The largest absolute Gasteiger partial charge is 0.378 e. The highest BCUT2D eigenvalue weighted by atomic mass is 16.5. The van der Waals surface area contributed by atoms with Gasteiger partial charge in [-0.2, -0.15) is 0 Å². The molecule has 94 valence electrons. The molecule has 3 heteroatoms. The molecule has 0 aromatic heterocycles. The molecular weight excluding hydrogens is 214 g/mol. The third kappa shape index (κ3) is 3.53. The van der Waals surface area contributed by atoms with Crippen LogP contribution in [0.3, 0.4) is 0 Å². The molecule has 1 heterocycles.